The minimum atomic E-state index is -0.117. The average Bonchev–Trinajstić information content (AvgIpc) is 3.27. The summed E-state index contributed by atoms with van der Waals surface area (Å²) >= 11 is 9.12. The Bertz CT molecular complexity index is 1250. The van der Waals surface area contributed by atoms with Gasteiger partial charge in [0.25, 0.3) is 0 Å². The van der Waals surface area contributed by atoms with Crippen LogP contribution in [0.15, 0.2) is 29.4 Å². The fraction of sp³-hybridized carbons (Fsp3) is 0.300. The Labute approximate surface area is 180 Å². The molecule has 0 saturated carbocycles. The number of nitrogens with one attached hydrogen (secondary N) is 1. The number of carbonyl (C=O) groups is 1. The van der Waals surface area contributed by atoms with E-state index >= 15 is 0 Å². The van der Waals surface area contributed by atoms with Gasteiger partial charge in [0.2, 0.25) is 5.91 Å². The number of rotatable bonds is 4. The van der Waals surface area contributed by atoms with E-state index in [-0.39, 0.29) is 11.7 Å². The highest BCUT2D eigenvalue weighted by Gasteiger charge is 2.22. The van der Waals surface area contributed by atoms with Gasteiger partial charge in [0.15, 0.2) is 10.8 Å². The molecule has 5 rings (SSSR count). The largest absolute Gasteiger partial charge is 0.325 e. The van der Waals surface area contributed by atoms with Crippen molar-refractivity contribution in [1.29, 1.82) is 0 Å². The van der Waals surface area contributed by atoms with Crippen LogP contribution in [0.1, 0.15) is 29.1 Å². The zero-order valence-electron chi connectivity index (χ0n) is 15.7. The third-order valence-electron chi connectivity index (χ3n) is 5.04. The maximum absolute atomic E-state index is 12.4. The number of benzene rings is 1. The van der Waals surface area contributed by atoms with E-state index in [1.807, 2.05) is 17.4 Å². The van der Waals surface area contributed by atoms with E-state index in [0.29, 0.717) is 15.9 Å². The SMILES string of the molecule is Cc1nc2sc3c(c2c2nnc(SCC(=O)Nc4cccc(Cl)c4)n12)CCCC3. The van der Waals surface area contributed by atoms with Crippen molar-refractivity contribution in [1.82, 2.24) is 19.6 Å². The van der Waals surface area contributed by atoms with Gasteiger partial charge < -0.3 is 5.32 Å². The van der Waals surface area contributed by atoms with Crippen LogP contribution < -0.4 is 5.32 Å². The Morgan fingerprint density at radius 2 is 2.17 bits per heavy atom. The number of hydrogen-bond acceptors (Lipinski definition) is 6. The lowest BCUT2D eigenvalue weighted by molar-refractivity contribution is -0.113. The van der Waals surface area contributed by atoms with Crippen molar-refractivity contribution in [3.05, 3.63) is 45.6 Å². The number of fused-ring (bicyclic) bond motifs is 5. The third kappa shape index (κ3) is 3.49. The van der Waals surface area contributed by atoms with Crippen molar-refractivity contribution in [2.75, 3.05) is 11.1 Å². The first-order chi connectivity index (χ1) is 14.1. The molecule has 3 aromatic heterocycles. The van der Waals surface area contributed by atoms with Crippen molar-refractivity contribution < 1.29 is 4.79 Å². The first-order valence-corrected chi connectivity index (χ1v) is 11.6. The lowest BCUT2D eigenvalue weighted by Crippen LogP contribution is -2.14. The Balaban J connectivity index is 1.43. The molecule has 0 saturated heterocycles. The van der Waals surface area contributed by atoms with Gasteiger partial charge in [-0.2, -0.15) is 0 Å². The van der Waals surface area contributed by atoms with Crippen molar-refractivity contribution in [2.45, 2.75) is 37.8 Å². The molecule has 1 aliphatic rings. The van der Waals surface area contributed by atoms with Gasteiger partial charge in [-0.15, -0.1) is 21.5 Å². The van der Waals surface area contributed by atoms with Gasteiger partial charge in [0.05, 0.1) is 11.1 Å². The molecule has 3 heterocycles. The van der Waals surface area contributed by atoms with Crippen molar-refractivity contribution in [3.8, 4) is 0 Å². The highest BCUT2D eigenvalue weighted by molar-refractivity contribution is 7.99. The number of aromatic nitrogens is 4. The standard InChI is InChI=1S/C20H18ClN5OS2/c1-11-22-19-17(14-7-2-3-8-15(14)29-19)18-24-25-20(26(11)18)28-10-16(27)23-13-6-4-5-12(21)9-13/h4-6,9H,2-3,7-8,10H2,1H3,(H,23,27). The van der Waals surface area contributed by atoms with Crippen LogP contribution >= 0.6 is 34.7 Å². The summed E-state index contributed by atoms with van der Waals surface area (Å²) in [5.41, 5.74) is 2.92. The summed E-state index contributed by atoms with van der Waals surface area (Å²) in [5.74, 6) is 0.953. The van der Waals surface area contributed by atoms with Gasteiger partial charge in [-0.1, -0.05) is 29.4 Å². The minimum Gasteiger partial charge on any atom is -0.325 e. The molecule has 1 aliphatic carbocycles. The predicted molar refractivity (Wildman–Crippen MR) is 118 cm³/mol. The second-order valence-electron chi connectivity index (χ2n) is 7.04. The third-order valence-corrected chi connectivity index (χ3v) is 7.39. The summed E-state index contributed by atoms with van der Waals surface area (Å²) < 4.78 is 1.97. The van der Waals surface area contributed by atoms with E-state index in [9.17, 15) is 4.79 Å². The van der Waals surface area contributed by atoms with Crippen LogP contribution in [-0.4, -0.2) is 31.2 Å². The van der Waals surface area contributed by atoms with Gasteiger partial charge >= 0.3 is 0 Å². The van der Waals surface area contributed by atoms with Gasteiger partial charge in [-0.3, -0.25) is 9.20 Å². The molecular formula is C20H18ClN5OS2. The summed E-state index contributed by atoms with van der Waals surface area (Å²) in [7, 11) is 0. The maximum atomic E-state index is 12.4. The summed E-state index contributed by atoms with van der Waals surface area (Å²) in [4.78, 5) is 19.7. The molecule has 148 valence electrons. The number of amides is 1. The number of carbonyl (C=O) groups excluding carboxylic acids is 1. The van der Waals surface area contributed by atoms with Gasteiger partial charge in [-0.05, 0) is 56.4 Å². The van der Waals surface area contributed by atoms with E-state index in [4.69, 9.17) is 16.6 Å². The van der Waals surface area contributed by atoms with Gasteiger partial charge in [-0.25, -0.2) is 4.98 Å². The fourth-order valence-electron chi connectivity index (χ4n) is 3.77. The number of halogens is 1. The maximum Gasteiger partial charge on any atom is 0.234 e. The molecule has 4 aromatic rings. The number of nitrogens with zero attached hydrogens (tertiary/aromatic N) is 4. The van der Waals surface area contributed by atoms with Crippen LogP contribution in [0.2, 0.25) is 5.02 Å². The molecule has 0 bridgehead atoms. The summed E-state index contributed by atoms with van der Waals surface area (Å²) in [6.07, 6.45) is 4.65. The molecule has 0 spiro atoms. The van der Waals surface area contributed by atoms with Crippen LogP contribution in [0.3, 0.4) is 0 Å². The van der Waals surface area contributed by atoms with E-state index in [1.54, 1.807) is 29.5 Å². The molecule has 9 heteroatoms. The number of hydrogen-bond donors (Lipinski definition) is 1. The van der Waals surface area contributed by atoms with Crippen molar-refractivity contribution >= 4 is 62.2 Å². The Morgan fingerprint density at radius 3 is 3.03 bits per heavy atom. The first-order valence-electron chi connectivity index (χ1n) is 9.44. The quantitative estimate of drug-likeness (QED) is 0.453. The molecule has 0 radical (unpaired) electrons. The summed E-state index contributed by atoms with van der Waals surface area (Å²) in [5, 5.41) is 14.1. The topological polar surface area (TPSA) is 72.2 Å². The van der Waals surface area contributed by atoms with Crippen molar-refractivity contribution in [2.24, 2.45) is 0 Å². The Kier molecular flexibility index (Phi) is 4.93. The molecule has 1 aromatic carbocycles. The first kappa shape index (κ1) is 18.8. The lowest BCUT2D eigenvalue weighted by atomic mass is 9.97. The second kappa shape index (κ2) is 7.59. The number of thiophene rings is 1. The molecular weight excluding hydrogens is 426 g/mol. The number of anilines is 1. The van der Waals surface area contributed by atoms with E-state index in [1.165, 1.54) is 35.0 Å². The summed E-state index contributed by atoms with van der Waals surface area (Å²) in [6.45, 7) is 1.96. The monoisotopic (exact) mass is 443 g/mol. The molecule has 1 amide bonds. The molecule has 0 unspecified atom stereocenters. The number of thioether (sulfide) groups is 1. The van der Waals surface area contributed by atoms with Crippen LogP contribution in [0.5, 0.6) is 0 Å². The molecule has 0 atom stereocenters. The lowest BCUT2D eigenvalue weighted by Gasteiger charge is -2.10. The summed E-state index contributed by atoms with van der Waals surface area (Å²) in [6, 6.07) is 7.11. The minimum absolute atomic E-state index is 0.117. The fourth-order valence-corrected chi connectivity index (χ4v) is 6.04. The van der Waals surface area contributed by atoms with E-state index in [0.717, 1.165) is 34.5 Å². The van der Waals surface area contributed by atoms with Crippen LogP contribution in [-0.2, 0) is 17.6 Å². The van der Waals surface area contributed by atoms with Crippen LogP contribution in [0.25, 0.3) is 15.9 Å². The zero-order valence-corrected chi connectivity index (χ0v) is 18.1. The second-order valence-corrected chi connectivity index (χ2v) is 9.50. The smallest absolute Gasteiger partial charge is 0.234 e. The predicted octanol–water partition coefficient (Wildman–Crippen LogP) is 4.91. The molecule has 6 nitrogen and oxygen atoms in total. The molecule has 0 aliphatic heterocycles. The molecule has 1 N–H and O–H groups in total. The van der Waals surface area contributed by atoms with E-state index < -0.39 is 0 Å². The van der Waals surface area contributed by atoms with Gasteiger partial charge in [0.1, 0.15) is 10.7 Å². The Hall–Kier alpha value is -2.16. The van der Waals surface area contributed by atoms with Crippen molar-refractivity contribution in [3.63, 3.8) is 0 Å². The van der Waals surface area contributed by atoms with Gasteiger partial charge in [0, 0.05) is 15.6 Å². The Morgan fingerprint density at radius 1 is 1.31 bits per heavy atom. The van der Waals surface area contributed by atoms with Crippen LogP contribution in [0, 0.1) is 6.92 Å². The zero-order chi connectivity index (χ0) is 20.0. The van der Waals surface area contributed by atoms with Crippen LogP contribution in [0.4, 0.5) is 5.69 Å². The van der Waals surface area contributed by atoms with E-state index in [2.05, 4.69) is 15.5 Å². The highest BCUT2D eigenvalue weighted by atomic mass is 35.5. The highest BCUT2D eigenvalue weighted by Crippen LogP contribution is 2.38. The normalized spacial score (nSPS) is 13.7. The molecule has 29 heavy (non-hydrogen) atoms. The molecule has 0 fully saturated rings. The number of aryl methyl sites for hydroxylation is 3. The average molecular weight is 444 g/mol.